The Bertz CT molecular complexity index is 729. The van der Waals surface area contributed by atoms with Gasteiger partial charge >= 0.3 is 12.0 Å². The molecule has 0 radical (unpaired) electrons. The van der Waals surface area contributed by atoms with Gasteiger partial charge in [0.25, 0.3) is 0 Å². The SMILES string of the molecule is COC(=O)C1=C(CN2CCN(C)CC2)NC(=O)NC1c1cccc(Cl)c1. The molecule has 140 valence electrons. The number of methoxy groups -OCH3 is 1. The van der Waals surface area contributed by atoms with E-state index in [1.54, 1.807) is 18.2 Å². The number of esters is 1. The highest BCUT2D eigenvalue weighted by Crippen LogP contribution is 2.29. The lowest BCUT2D eigenvalue weighted by Crippen LogP contribution is -2.51. The van der Waals surface area contributed by atoms with Gasteiger partial charge in [-0.05, 0) is 24.7 Å². The Morgan fingerprint density at radius 3 is 2.69 bits per heavy atom. The highest BCUT2D eigenvalue weighted by atomic mass is 35.5. The second-order valence-corrected chi connectivity index (χ2v) is 6.99. The minimum atomic E-state index is -0.600. The number of rotatable bonds is 4. The maximum Gasteiger partial charge on any atom is 0.338 e. The summed E-state index contributed by atoms with van der Waals surface area (Å²) in [5.41, 5.74) is 1.73. The van der Waals surface area contributed by atoms with Gasteiger partial charge in [0.2, 0.25) is 0 Å². The van der Waals surface area contributed by atoms with Gasteiger partial charge in [-0.1, -0.05) is 23.7 Å². The summed E-state index contributed by atoms with van der Waals surface area (Å²) in [5.74, 6) is -0.466. The van der Waals surface area contributed by atoms with Crippen molar-refractivity contribution in [1.82, 2.24) is 20.4 Å². The van der Waals surface area contributed by atoms with Crippen molar-refractivity contribution >= 4 is 23.6 Å². The summed E-state index contributed by atoms with van der Waals surface area (Å²) < 4.78 is 5.00. The molecule has 1 unspecified atom stereocenters. The van der Waals surface area contributed by atoms with Gasteiger partial charge < -0.3 is 20.3 Å². The van der Waals surface area contributed by atoms with Crippen LogP contribution in [0.2, 0.25) is 5.02 Å². The number of carbonyl (C=O) groups excluding carboxylic acids is 2. The summed E-state index contributed by atoms with van der Waals surface area (Å²) >= 11 is 6.09. The van der Waals surface area contributed by atoms with Crippen LogP contribution in [0.1, 0.15) is 11.6 Å². The molecule has 2 amide bonds. The first-order valence-electron chi connectivity index (χ1n) is 8.53. The molecular weight excluding hydrogens is 356 g/mol. The Hall–Kier alpha value is -2.09. The number of hydrogen-bond donors (Lipinski definition) is 2. The molecule has 3 rings (SSSR count). The van der Waals surface area contributed by atoms with E-state index in [9.17, 15) is 9.59 Å². The standard InChI is InChI=1S/C18H23ClN4O3/c1-22-6-8-23(9-7-22)11-14-15(17(24)26-2)16(21-18(25)20-14)12-4-3-5-13(19)10-12/h3-5,10,16H,6-9,11H2,1-2H3,(H2,20,21,25). The molecule has 1 saturated heterocycles. The van der Waals surface area contributed by atoms with Gasteiger partial charge in [-0.25, -0.2) is 9.59 Å². The summed E-state index contributed by atoms with van der Waals surface area (Å²) in [6.07, 6.45) is 0. The maximum absolute atomic E-state index is 12.5. The molecule has 8 heteroatoms. The molecule has 0 bridgehead atoms. The van der Waals surface area contributed by atoms with Crippen LogP contribution >= 0.6 is 11.6 Å². The minimum Gasteiger partial charge on any atom is -0.466 e. The number of piperazine rings is 1. The van der Waals surface area contributed by atoms with Crippen molar-refractivity contribution in [2.24, 2.45) is 0 Å². The predicted octanol–water partition coefficient (Wildman–Crippen LogP) is 1.37. The Labute approximate surface area is 157 Å². The number of amides is 2. The highest BCUT2D eigenvalue weighted by Gasteiger charge is 2.34. The highest BCUT2D eigenvalue weighted by molar-refractivity contribution is 6.30. The van der Waals surface area contributed by atoms with Crippen molar-refractivity contribution in [1.29, 1.82) is 0 Å². The van der Waals surface area contributed by atoms with E-state index in [2.05, 4.69) is 27.5 Å². The van der Waals surface area contributed by atoms with Crippen LogP contribution in [-0.4, -0.2) is 68.7 Å². The smallest absolute Gasteiger partial charge is 0.338 e. The molecule has 0 aromatic heterocycles. The molecule has 1 aromatic carbocycles. The van der Waals surface area contributed by atoms with Crippen LogP contribution in [0.5, 0.6) is 0 Å². The third kappa shape index (κ3) is 4.17. The maximum atomic E-state index is 12.5. The number of halogens is 1. The molecular formula is C18H23ClN4O3. The van der Waals surface area contributed by atoms with Crippen LogP contribution in [0, 0.1) is 0 Å². The molecule has 1 aromatic rings. The lowest BCUT2D eigenvalue weighted by Gasteiger charge is -2.35. The van der Waals surface area contributed by atoms with E-state index in [1.807, 2.05) is 6.07 Å². The van der Waals surface area contributed by atoms with E-state index in [0.29, 0.717) is 22.8 Å². The average molecular weight is 379 g/mol. The largest absolute Gasteiger partial charge is 0.466 e. The summed E-state index contributed by atoms with van der Waals surface area (Å²) in [5, 5.41) is 6.14. The van der Waals surface area contributed by atoms with Gasteiger partial charge in [-0.2, -0.15) is 0 Å². The Kier molecular flexibility index (Phi) is 5.80. The van der Waals surface area contributed by atoms with Crippen molar-refractivity contribution in [3.05, 3.63) is 46.1 Å². The fraction of sp³-hybridized carbons (Fsp3) is 0.444. The topological polar surface area (TPSA) is 73.9 Å². The van der Waals surface area contributed by atoms with E-state index in [0.717, 1.165) is 31.7 Å². The van der Waals surface area contributed by atoms with Crippen LogP contribution in [0.15, 0.2) is 35.5 Å². The van der Waals surface area contributed by atoms with Gasteiger partial charge in [-0.3, -0.25) is 4.90 Å². The first-order valence-corrected chi connectivity index (χ1v) is 8.91. The van der Waals surface area contributed by atoms with Gasteiger partial charge in [0.15, 0.2) is 0 Å². The molecule has 1 atom stereocenters. The van der Waals surface area contributed by atoms with E-state index in [1.165, 1.54) is 7.11 Å². The van der Waals surface area contributed by atoms with Crippen LogP contribution in [0.25, 0.3) is 0 Å². The number of carbonyl (C=O) groups is 2. The normalized spacial score (nSPS) is 22.0. The third-order valence-electron chi connectivity index (χ3n) is 4.72. The second kappa shape index (κ2) is 8.07. The van der Waals surface area contributed by atoms with Crippen molar-refractivity contribution in [2.75, 3.05) is 46.9 Å². The lowest BCUT2D eigenvalue weighted by molar-refractivity contribution is -0.136. The fourth-order valence-electron chi connectivity index (χ4n) is 3.26. The van der Waals surface area contributed by atoms with Crippen LogP contribution in [0.3, 0.4) is 0 Å². The molecule has 2 N–H and O–H groups in total. The molecule has 2 heterocycles. The number of ether oxygens (including phenoxy) is 1. The Balaban J connectivity index is 1.95. The van der Waals surface area contributed by atoms with E-state index in [-0.39, 0.29) is 6.03 Å². The lowest BCUT2D eigenvalue weighted by atomic mass is 9.95. The van der Waals surface area contributed by atoms with Crippen molar-refractivity contribution in [2.45, 2.75) is 6.04 Å². The summed E-state index contributed by atoms with van der Waals surface area (Å²) in [6.45, 7) is 4.14. The van der Waals surface area contributed by atoms with Gasteiger partial charge in [0.1, 0.15) is 0 Å². The molecule has 1 fully saturated rings. The summed E-state index contributed by atoms with van der Waals surface area (Å²) in [6, 6.07) is 6.18. The zero-order chi connectivity index (χ0) is 18.7. The number of nitrogens with zero attached hydrogens (tertiary/aromatic N) is 2. The van der Waals surface area contributed by atoms with Gasteiger partial charge in [0, 0.05) is 43.4 Å². The first kappa shape index (κ1) is 18.7. The monoisotopic (exact) mass is 378 g/mol. The number of hydrogen-bond acceptors (Lipinski definition) is 5. The number of urea groups is 1. The van der Waals surface area contributed by atoms with Crippen molar-refractivity contribution < 1.29 is 14.3 Å². The average Bonchev–Trinajstić information content (AvgIpc) is 2.62. The summed E-state index contributed by atoms with van der Waals surface area (Å²) in [4.78, 5) is 29.2. The zero-order valence-corrected chi connectivity index (χ0v) is 15.7. The van der Waals surface area contributed by atoms with Gasteiger partial charge in [-0.15, -0.1) is 0 Å². The van der Waals surface area contributed by atoms with E-state index >= 15 is 0 Å². The fourth-order valence-corrected chi connectivity index (χ4v) is 3.46. The molecule has 0 aliphatic carbocycles. The molecule has 2 aliphatic rings. The Morgan fingerprint density at radius 2 is 2.04 bits per heavy atom. The first-order chi connectivity index (χ1) is 12.5. The zero-order valence-electron chi connectivity index (χ0n) is 14.9. The molecule has 2 aliphatic heterocycles. The van der Waals surface area contributed by atoms with Crippen LogP contribution < -0.4 is 10.6 Å². The number of benzene rings is 1. The van der Waals surface area contributed by atoms with Gasteiger partial charge in [0.05, 0.1) is 18.7 Å². The van der Waals surface area contributed by atoms with Crippen molar-refractivity contribution in [3.63, 3.8) is 0 Å². The van der Waals surface area contributed by atoms with E-state index < -0.39 is 12.0 Å². The molecule has 0 saturated carbocycles. The predicted molar refractivity (Wildman–Crippen MR) is 98.8 cm³/mol. The van der Waals surface area contributed by atoms with E-state index in [4.69, 9.17) is 16.3 Å². The molecule has 26 heavy (non-hydrogen) atoms. The second-order valence-electron chi connectivity index (χ2n) is 6.55. The number of nitrogens with one attached hydrogen (secondary N) is 2. The summed E-state index contributed by atoms with van der Waals surface area (Å²) in [7, 11) is 3.42. The Morgan fingerprint density at radius 1 is 1.31 bits per heavy atom. The quantitative estimate of drug-likeness (QED) is 0.774. The van der Waals surface area contributed by atoms with Crippen LogP contribution in [0.4, 0.5) is 4.79 Å². The van der Waals surface area contributed by atoms with Crippen molar-refractivity contribution in [3.8, 4) is 0 Å². The van der Waals surface area contributed by atoms with Crippen LogP contribution in [-0.2, 0) is 9.53 Å². The molecule has 7 nitrogen and oxygen atoms in total. The molecule has 0 spiro atoms. The minimum absolute atomic E-state index is 0.341. The number of likely N-dealkylation sites (N-methyl/N-ethyl adjacent to an activating group) is 1. The third-order valence-corrected chi connectivity index (χ3v) is 4.95.